The van der Waals surface area contributed by atoms with Crippen LogP contribution in [-0.4, -0.2) is 49.4 Å². The Morgan fingerprint density at radius 3 is 2.26 bits per heavy atom. The molecule has 19 heavy (non-hydrogen) atoms. The summed E-state index contributed by atoms with van der Waals surface area (Å²) in [6.45, 7) is -0.842. The Bertz CT molecular complexity index is 459. The molecule has 1 rings (SSSR count). The van der Waals surface area contributed by atoms with Crippen molar-refractivity contribution in [1.29, 1.82) is 0 Å². The van der Waals surface area contributed by atoms with E-state index in [9.17, 15) is 9.59 Å². The van der Waals surface area contributed by atoms with E-state index in [2.05, 4.69) is 5.32 Å². The summed E-state index contributed by atoms with van der Waals surface area (Å²) in [4.78, 5) is 22.9. The first-order valence-electron chi connectivity index (χ1n) is 5.52. The molecule has 0 bridgehead atoms. The monoisotopic (exact) mass is 268 g/mol. The fourth-order valence-electron chi connectivity index (χ4n) is 1.65. The number of hydrogen-bond donors (Lipinski definition) is 3. The number of carboxylic acid groups (broad SMARTS) is 2. The summed E-state index contributed by atoms with van der Waals surface area (Å²) < 4.78 is 5.13. The van der Waals surface area contributed by atoms with Crippen LogP contribution in [0.1, 0.15) is 0 Å². The molecule has 0 saturated carbocycles. The minimum atomic E-state index is -1.11. The average Bonchev–Trinajstić information content (AvgIpc) is 2.36. The smallest absolute Gasteiger partial charge is 0.323 e. The average molecular weight is 268 g/mol. The number of nitrogens with zero attached hydrogens (tertiary/aromatic N) is 1. The van der Waals surface area contributed by atoms with Crippen LogP contribution in [0.15, 0.2) is 18.2 Å². The summed E-state index contributed by atoms with van der Waals surface area (Å²) in [6.07, 6.45) is 0. The molecule has 0 unspecified atom stereocenters. The van der Waals surface area contributed by atoms with Gasteiger partial charge in [0.1, 0.15) is 18.8 Å². The zero-order chi connectivity index (χ0) is 14.4. The first-order valence-corrected chi connectivity index (χ1v) is 5.52. The van der Waals surface area contributed by atoms with E-state index in [-0.39, 0.29) is 0 Å². The number of anilines is 2. The van der Waals surface area contributed by atoms with Crippen molar-refractivity contribution in [2.75, 3.05) is 37.5 Å². The van der Waals surface area contributed by atoms with E-state index in [1.54, 1.807) is 25.2 Å². The lowest BCUT2D eigenvalue weighted by Crippen LogP contribution is -2.34. The quantitative estimate of drug-likeness (QED) is 0.669. The van der Waals surface area contributed by atoms with Crippen LogP contribution in [0, 0.1) is 0 Å². The molecular weight excluding hydrogens is 252 g/mol. The number of methoxy groups -OCH3 is 1. The lowest BCUT2D eigenvalue weighted by atomic mass is 10.2. The van der Waals surface area contributed by atoms with Crippen LogP contribution in [0.5, 0.6) is 5.75 Å². The van der Waals surface area contributed by atoms with E-state index in [4.69, 9.17) is 14.9 Å². The van der Waals surface area contributed by atoms with Crippen molar-refractivity contribution >= 4 is 23.3 Å². The summed E-state index contributed by atoms with van der Waals surface area (Å²) in [5.41, 5.74) is 1.15. The number of aliphatic carboxylic acids is 2. The second kappa shape index (κ2) is 6.48. The lowest BCUT2D eigenvalue weighted by molar-refractivity contribution is -0.136. The lowest BCUT2D eigenvalue weighted by Gasteiger charge is -2.23. The largest absolute Gasteiger partial charge is 0.495 e. The molecule has 0 saturated heterocycles. The van der Waals surface area contributed by atoms with E-state index in [0.29, 0.717) is 11.4 Å². The molecular formula is C12H16N2O5. The van der Waals surface area contributed by atoms with Crippen LogP contribution >= 0.6 is 0 Å². The third-order valence-corrected chi connectivity index (χ3v) is 2.46. The van der Waals surface area contributed by atoms with E-state index in [1.165, 1.54) is 12.0 Å². The van der Waals surface area contributed by atoms with Crippen molar-refractivity contribution in [1.82, 2.24) is 0 Å². The maximum atomic E-state index is 10.8. The van der Waals surface area contributed by atoms with Gasteiger partial charge in [0, 0.05) is 12.7 Å². The summed E-state index contributed by atoms with van der Waals surface area (Å²) in [5, 5.41) is 20.6. The van der Waals surface area contributed by atoms with E-state index >= 15 is 0 Å². The van der Waals surface area contributed by atoms with Gasteiger partial charge in [-0.05, 0) is 18.2 Å². The molecule has 7 heteroatoms. The third-order valence-electron chi connectivity index (χ3n) is 2.46. The molecule has 0 aliphatic heterocycles. The molecule has 0 aliphatic rings. The summed E-state index contributed by atoms with van der Waals surface area (Å²) in [6, 6.07) is 5.05. The number of hydrogen-bond acceptors (Lipinski definition) is 5. The molecule has 0 aliphatic carbocycles. The van der Waals surface area contributed by atoms with Crippen molar-refractivity contribution in [3.63, 3.8) is 0 Å². The zero-order valence-corrected chi connectivity index (χ0v) is 10.7. The highest BCUT2D eigenvalue weighted by Gasteiger charge is 2.18. The highest BCUT2D eigenvalue weighted by Crippen LogP contribution is 2.31. The zero-order valence-electron chi connectivity index (χ0n) is 10.7. The second-order valence-electron chi connectivity index (χ2n) is 3.78. The van der Waals surface area contributed by atoms with Crippen LogP contribution < -0.4 is 15.0 Å². The van der Waals surface area contributed by atoms with Gasteiger partial charge in [-0.15, -0.1) is 0 Å². The van der Waals surface area contributed by atoms with Gasteiger partial charge in [0.05, 0.1) is 12.8 Å². The molecule has 1 aromatic carbocycles. The molecule has 3 N–H and O–H groups in total. The van der Waals surface area contributed by atoms with Crippen LogP contribution in [0.2, 0.25) is 0 Å². The molecule has 104 valence electrons. The summed E-state index contributed by atoms with van der Waals surface area (Å²) >= 11 is 0. The number of rotatable bonds is 7. The van der Waals surface area contributed by atoms with Crippen molar-refractivity contribution in [2.45, 2.75) is 0 Å². The Morgan fingerprint density at radius 1 is 1.26 bits per heavy atom. The number of ether oxygens (including phenoxy) is 1. The van der Waals surface area contributed by atoms with Gasteiger partial charge in [0.2, 0.25) is 0 Å². The van der Waals surface area contributed by atoms with Gasteiger partial charge >= 0.3 is 11.9 Å². The van der Waals surface area contributed by atoms with Crippen molar-refractivity contribution in [3.8, 4) is 5.75 Å². The van der Waals surface area contributed by atoms with Crippen LogP contribution in [0.3, 0.4) is 0 Å². The molecule has 0 fully saturated rings. The first-order chi connectivity index (χ1) is 8.97. The molecule has 1 aromatic rings. The molecule has 0 radical (unpaired) electrons. The Morgan fingerprint density at radius 2 is 1.84 bits per heavy atom. The predicted octanol–water partition coefficient (Wildman–Crippen LogP) is 0.712. The molecule has 0 aromatic heterocycles. The predicted molar refractivity (Wildman–Crippen MR) is 70.0 cm³/mol. The standard InChI is InChI=1S/C12H16N2O5/c1-13-8-3-4-10(19-2)9(5-8)14(6-11(15)16)7-12(17)18/h3-5,13H,6-7H2,1-2H3,(H,15,16)(H,17,18). The minimum Gasteiger partial charge on any atom is -0.495 e. The molecule has 0 heterocycles. The highest BCUT2D eigenvalue weighted by atomic mass is 16.5. The second-order valence-corrected chi connectivity index (χ2v) is 3.78. The first kappa shape index (κ1) is 14.6. The number of benzene rings is 1. The fraction of sp³-hybridized carbons (Fsp3) is 0.333. The van der Waals surface area contributed by atoms with E-state index in [1.807, 2.05) is 0 Å². The highest BCUT2D eigenvalue weighted by molar-refractivity contribution is 5.81. The summed E-state index contributed by atoms with van der Waals surface area (Å²) in [5.74, 6) is -1.81. The maximum absolute atomic E-state index is 10.8. The van der Waals surface area contributed by atoms with Crippen LogP contribution in [0.4, 0.5) is 11.4 Å². The Labute approximate surface area is 110 Å². The SMILES string of the molecule is CNc1ccc(OC)c(N(CC(=O)O)CC(=O)O)c1. The van der Waals surface area contributed by atoms with Gasteiger partial charge in [-0.3, -0.25) is 9.59 Å². The van der Waals surface area contributed by atoms with Crippen molar-refractivity contribution < 1.29 is 24.5 Å². The minimum absolute atomic E-state index is 0.416. The topological polar surface area (TPSA) is 99.1 Å². The molecule has 0 atom stereocenters. The molecule has 0 spiro atoms. The molecule has 0 amide bonds. The van der Waals surface area contributed by atoms with Gasteiger partial charge in [-0.2, -0.15) is 0 Å². The summed E-state index contributed by atoms with van der Waals surface area (Å²) in [7, 11) is 3.15. The Hall–Kier alpha value is -2.44. The van der Waals surface area contributed by atoms with Gasteiger partial charge in [0.25, 0.3) is 0 Å². The normalized spacial score (nSPS) is 9.79. The van der Waals surface area contributed by atoms with Crippen LogP contribution in [-0.2, 0) is 9.59 Å². The fourth-order valence-corrected chi connectivity index (χ4v) is 1.65. The van der Waals surface area contributed by atoms with Gasteiger partial charge in [-0.1, -0.05) is 0 Å². The van der Waals surface area contributed by atoms with Crippen molar-refractivity contribution in [3.05, 3.63) is 18.2 Å². The molecule has 7 nitrogen and oxygen atoms in total. The number of nitrogens with one attached hydrogen (secondary N) is 1. The number of carboxylic acids is 2. The number of carbonyl (C=O) groups is 2. The van der Waals surface area contributed by atoms with Crippen LogP contribution in [0.25, 0.3) is 0 Å². The van der Waals surface area contributed by atoms with Crippen molar-refractivity contribution in [2.24, 2.45) is 0 Å². The van der Waals surface area contributed by atoms with E-state index in [0.717, 1.165) is 5.69 Å². The van der Waals surface area contributed by atoms with Gasteiger partial charge in [0.15, 0.2) is 0 Å². The third kappa shape index (κ3) is 4.06. The Balaban J connectivity index is 3.17. The Kier molecular flexibility index (Phi) is 4.99. The van der Waals surface area contributed by atoms with Gasteiger partial charge < -0.3 is 25.2 Å². The van der Waals surface area contributed by atoms with E-state index < -0.39 is 25.0 Å². The van der Waals surface area contributed by atoms with Gasteiger partial charge in [-0.25, -0.2) is 0 Å². The maximum Gasteiger partial charge on any atom is 0.323 e.